The number of aliphatic hydroxyl groups excluding tert-OH is 1. The van der Waals surface area contributed by atoms with Crippen molar-refractivity contribution < 1.29 is 28.9 Å². The smallest absolute Gasteiger partial charge is 0.295 e. The predicted octanol–water partition coefficient (Wildman–Crippen LogP) is 3.00. The van der Waals surface area contributed by atoms with E-state index in [2.05, 4.69) is 0 Å². The Hall–Kier alpha value is -3.52. The molecule has 0 radical (unpaired) electrons. The van der Waals surface area contributed by atoms with E-state index in [-0.39, 0.29) is 11.3 Å². The lowest BCUT2D eigenvalue weighted by molar-refractivity contribution is -0.140. The van der Waals surface area contributed by atoms with E-state index in [0.717, 1.165) is 0 Å². The maximum absolute atomic E-state index is 13.2. The number of carbonyl (C=O) groups is 2. The summed E-state index contributed by atoms with van der Waals surface area (Å²) >= 11 is 0. The molecule has 1 aliphatic heterocycles. The molecule has 2 aromatic carbocycles. The normalized spacial score (nSPS) is 17.5. The van der Waals surface area contributed by atoms with Crippen LogP contribution in [0.2, 0.25) is 0 Å². The first-order valence-electron chi connectivity index (χ1n) is 10.5. The summed E-state index contributed by atoms with van der Waals surface area (Å²) in [4.78, 5) is 29.7. The largest absolute Gasteiger partial charge is 0.507 e. The molecule has 8 nitrogen and oxygen atoms in total. The van der Waals surface area contributed by atoms with Gasteiger partial charge >= 0.3 is 0 Å². The molecule has 0 aliphatic carbocycles. The standard InChI is InChI=1S/C25H30N2O6/c1-15-14-16(31-4)10-11-17(15)22(28)20-21(18-8-7-9-19(32-5)24(18)33-6)27(13-12-26(2)3)25(30)23(20)29/h7-11,14,21,28H,12-13H2,1-6H3/t21-/m1/s1. The van der Waals surface area contributed by atoms with E-state index >= 15 is 0 Å². The van der Waals surface area contributed by atoms with Crippen LogP contribution < -0.4 is 14.2 Å². The molecule has 1 N–H and O–H groups in total. The van der Waals surface area contributed by atoms with Crippen molar-refractivity contribution in [3.63, 3.8) is 0 Å². The lowest BCUT2D eigenvalue weighted by atomic mass is 9.93. The molecule has 0 bridgehead atoms. The van der Waals surface area contributed by atoms with Gasteiger partial charge in [0.2, 0.25) is 0 Å². The number of nitrogens with zero attached hydrogens (tertiary/aromatic N) is 2. The number of aliphatic hydroxyl groups is 1. The Balaban J connectivity index is 2.26. The SMILES string of the molecule is COc1ccc(C(O)=C2C(=O)C(=O)N(CCN(C)C)[C@@H]2c2cccc(OC)c2OC)c(C)c1. The van der Waals surface area contributed by atoms with Gasteiger partial charge in [-0.2, -0.15) is 0 Å². The number of likely N-dealkylation sites (tertiary alicyclic amines) is 1. The van der Waals surface area contributed by atoms with Gasteiger partial charge < -0.3 is 29.1 Å². The van der Waals surface area contributed by atoms with E-state index in [1.807, 2.05) is 19.0 Å². The molecule has 2 aromatic rings. The van der Waals surface area contributed by atoms with Crippen LogP contribution in [0.3, 0.4) is 0 Å². The molecule has 8 heteroatoms. The second-order valence-electron chi connectivity index (χ2n) is 8.06. The summed E-state index contributed by atoms with van der Waals surface area (Å²) in [6.07, 6.45) is 0. The number of ketones is 1. The maximum atomic E-state index is 13.2. The average molecular weight is 455 g/mol. The molecule has 0 unspecified atom stereocenters. The predicted molar refractivity (Wildman–Crippen MR) is 125 cm³/mol. The van der Waals surface area contributed by atoms with Crippen molar-refractivity contribution in [3.05, 3.63) is 58.7 Å². The quantitative estimate of drug-likeness (QED) is 0.373. The first-order chi connectivity index (χ1) is 15.7. The molecule has 1 saturated heterocycles. The molecule has 176 valence electrons. The van der Waals surface area contributed by atoms with Crippen LogP contribution in [0.5, 0.6) is 17.2 Å². The van der Waals surface area contributed by atoms with Gasteiger partial charge in [-0.05, 0) is 50.8 Å². The van der Waals surface area contributed by atoms with E-state index in [1.54, 1.807) is 50.4 Å². The lowest BCUT2D eigenvalue weighted by Crippen LogP contribution is -2.35. The van der Waals surface area contributed by atoms with Gasteiger partial charge in [0.05, 0.1) is 32.9 Å². The number of aryl methyl sites for hydroxylation is 1. The minimum Gasteiger partial charge on any atom is -0.507 e. The molecule has 1 amide bonds. The molecule has 1 fully saturated rings. The molecular weight excluding hydrogens is 424 g/mol. The van der Waals surface area contributed by atoms with Crippen LogP contribution >= 0.6 is 0 Å². The highest BCUT2D eigenvalue weighted by Gasteiger charge is 2.47. The van der Waals surface area contributed by atoms with Crippen molar-refractivity contribution in [2.45, 2.75) is 13.0 Å². The van der Waals surface area contributed by atoms with Crippen LogP contribution in [-0.2, 0) is 9.59 Å². The van der Waals surface area contributed by atoms with Gasteiger partial charge in [0.25, 0.3) is 11.7 Å². The zero-order valence-electron chi connectivity index (χ0n) is 19.8. The maximum Gasteiger partial charge on any atom is 0.295 e. The number of hydrogen-bond donors (Lipinski definition) is 1. The second-order valence-corrected chi connectivity index (χ2v) is 8.06. The summed E-state index contributed by atoms with van der Waals surface area (Å²) in [6, 6.07) is 9.58. The molecular formula is C25H30N2O6. The van der Waals surface area contributed by atoms with Gasteiger partial charge in [0, 0.05) is 24.2 Å². The molecule has 0 aromatic heterocycles. The first kappa shape index (κ1) is 24.1. The lowest BCUT2D eigenvalue weighted by Gasteiger charge is -2.28. The molecule has 1 heterocycles. The summed E-state index contributed by atoms with van der Waals surface area (Å²) in [5.74, 6) is -0.152. The third-order valence-electron chi connectivity index (χ3n) is 5.74. The Morgan fingerprint density at radius 2 is 1.79 bits per heavy atom. The fourth-order valence-corrected chi connectivity index (χ4v) is 4.04. The van der Waals surface area contributed by atoms with E-state index in [1.165, 1.54) is 19.1 Å². The Bertz CT molecular complexity index is 1090. The molecule has 3 rings (SSSR count). The average Bonchev–Trinajstić information content (AvgIpc) is 3.06. The van der Waals surface area contributed by atoms with Gasteiger partial charge in [0.1, 0.15) is 11.5 Å². The Labute approximate surface area is 194 Å². The molecule has 1 aliphatic rings. The topological polar surface area (TPSA) is 88.5 Å². The Morgan fingerprint density at radius 1 is 1.06 bits per heavy atom. The van der Waals surface area contributed by atoms with Gasteiger partial charge in [-0.25, -0.2) is 0 Å². The van der Waals surface area contributed by atoms with E-state index < -0.39 is 17.7 Å². The number of rotatable bonds is 8. The third kappa shape index (κ3) is 4.52. The van der Waals surface area contributed by atoms with Gasteiger partial charge in [-0.15, -0.1) is 0 Å². The fourth-order valence-electron chi connectivity index (χ4n) is 4.04. The third-order valence-corrected chi connectivity index (χ3v) is 5.74. The van der Waals surface area contributed by atoms with Crippen LogP contribution in [0.1, 0.15) is 22.7 Å². The number of carbonyl (C=O) groups excluding carboxylic acids is 2. The zero-order chi connectivity index (χ0) is 24.3. The number of amides is 1. The van der Waals surface area contributed by atoms with Crippen LogP contribution in [0.25, 0.3) is 5.76 Å². The highest BCUT2D eigenvalue weighted by Crippen LogP contribution is 2.45. The van der Waals surface area contributed by atoms with Gasteiger partial charge in [-0.1, -0.05) is 12.1 Å². The number of benzene rings is 2. The highest BCUT2D eigenvalue weighted by molar-refractivity contribution is 6.46. The van der Waals surface area contributed by atoms with Gasteiger partial charge in [0.15, 0.2) is 11.5 Å². The number of methoxy groups -OCH3 is 3. The van der Waals surface area contributed by atoms with Crippen molar-refractivity contribution in [1.29, 1.82) is 0 Å². The Kier molecular flexibility index (Phi) is 7.28. The second kappa shape index (κ2) is 9.95. The fraction of sp³-hybridized carbons (Fsp3) is 0.360. The number of hydrogen-bond acceptors (Lipinski definition) is 7. The molecule has 0 saturated carbocycles. The summed E-state index contributed by atoms with van der Waals surface area (Å²) in [7, 11) is 8.35. The summed E-state index contributed by atoms with van der Waals surface area (Å²) in [6.45, 7) is 2.64. The molecule has 0 spiro atoms. The summed E-state index contributed by atoms with van der Waals surface area (Å²) in [5.41, 5.74) is 1.73. The zero-order valence-corrected chi connectivity index (χ0v) is 19.8. The highest BCUT2D eigenvalue weighted by atomic mass is 16.5. The minimum absolute atomic E-state index is 0.0126. The monoisotopic (exact) mass is 454 g/mol. The van der Waals surface area contributed by atoms with Crippen LogP contribution in [0, 0.1) is 6.92 Å². The summed E-state index contributed by atoms with van der Waals surface area (Å²) < 4.78 is 16.3. The van der Waals surface area contributed by atoms with Gasteiger partial charge in [-0.3, -0.25) is 9.59 Å². The first-order valence-corrected chi connectivity index (χ1v) is 10.5. The minimum atomic E-state index is -0.837. The van der Waals surface area contributed by atoms with E-state index in [0.29, 0.717) is 47.0 Å². The van der Waals surface area contributed by atoms with E-state index in [4.69, 9.17) is 14.2 Å². The van der Waals surface area contributed by atoms with Crippen molar-refractivity contribution in [3.8, 4) is 17.2 Å². The number of Topliss-reactive ketones (excluding diaryl/α,β-unsaturated/α-hetero) is 1. The van der Waals surface area contributed by atoms with Crippen LogP contribution in [0.4, 0.5) is 0 Å². The number of para-hydroxylation sites is 1. The van der Waals surface area contributed by atoms with Crippen molar-refractivity contribution in [2.24, 2.45) is 0 Å². The van der Waals surface area contributed by atoms with E-state index in [9.17, 15) is 14.7 Å². The summed E-state index contributed by atoms with van der Waals surface area (Å²) in [5, 5.41) is 11.3. The van der Waals surface area contributed by atoms with Crippen molar-refractivity contribution >= 4 is 17.4 Å². The molecule has 1 atom stereocenters. The van der Waals surface area contributed by atoms with Crippen molar-refractivity contribution in [1.82, 2.24) is 9.80 Å². The van der Waals surface area contributed by atoms with Crippen molar-refractivity contribution in [2.75, 3.05) is 48.5 Å². The Morgan fingerprint density at radius 3 is 2.36 bits per heavy atom. The number of likely N-dealkylation sites (N-methyl/N-ethyl adjacent to an activating group) is 1. The van der Waals surface area contributed by atoms with Crippen LogP contribution in [0.15, 0.2) is 42.0 Å². The van der Waals surface area contributed by atoms with Crippen LogP contribution in [-0.4, -0.2) is 75.1 Å². The molecule has 33 heavy (non-hydrogen) atoms. The number of ether oxygens (including phenoxy) is 3.